The summed E-state index contributed by atoms with van der Waals surface area (Å²) in [5, 5.41) is 12.4. The lowest BCUT2D eigenvalue weighted by Gasteiger charge is -2.08. The van der Waals surface area contributed by atoms with E-state index in [1.807, 2.05) is 42.8 Å². The fourth-order valence-electron chi connectivity index (χ4n) is 3.42. The van der Waals surface area contributed by atoms with Crippen LogP contribution in [-0.2, 0) is 13.1 Å². The van der Waals surface area contributed by atoms with E-state index in [2.05, 4.69) is 38.7 Å². The molecule has 2 heterocycles. The average Bonchev–Trinajstić information content (AvgIpc) is 3.28. The highest BCUT2D eigenvalue weighted by molar-refractivity contribution is 6.30. The molecule has 2 aromatic heterocycles. The maximum atomic E-state index is 12.6. The number of rotatable bonds is 6. The molecular weight excluding hydrogens is 412 g/mol. The van der Waals surface area contributed by atoms with Crippen LogP contribution in [0.2, 0.25) is 5.02 Å². The van der Waals surface area contributed by atoms with Crippen molar-refractivity contribution in [1.29, 1.82) is 0 Å². The Morgan fingerprint density at radius 3 is 2.45 bits per heavy atom. The average molecular weight is 435 g/mol. The van der Waals surface area contributed by atoms with Gasteiger partial charge >= 0.3 is 0 Å². The van der Waals surface area contributed by atoms with Gasteiger partial charge in [0.2, 0.25) is 5.82 Å². The summed E-state index contributed by atoms with van der Waals surface area (Å²) in [7, 11) is 0. The third-order valence-electron chi connectivity index (χ3n) is 4.92. The van der Waals surface area contributed by atoms with Crippen LogP contribution in [0.1, 0.15) is 39.0 Å². The molecule has 7 nitrogen and oxygen atoms in total. The molecule has 4 rings (SSSR count). The lowest BCUT2D eigenvalue weighted by molar-refractivity contribution is 0.0940. The fourth-order valence-corrected chi connectivity index (χ4v) is 3.55. The molecule has 158 valence electrons. The van der Waals surface area contributed by atoms with Gasteiger partial charge < -0.3 is 5.32 Å². The van der Waals surface area contributed by atoms with Crippen LogP contribution in [0.4, 0.5) is 0 Å². The van der Waals surface area contributed by atoms with E-state index in [0.29, 0.717) is 23.9 Å². The Kier molecular flexibility index (Phi) is 5.86. The molecule has 0 atom stereocenters. The van der Waals surface area contributed by atoms with Gasteiger partial charge in [-0.25, -0.2) is 9.67 Å². The number of carbonyl (C=O) groups is 1. The lowest BCUT2D eigenvalue weighted by atomic mass is 10.1. The first-order chi connectivity index (χ1) is 14.9. The van der Waals surface area contributed by atoms with Gasteiger partial charge in [0.05, 0.1) is 17.9 Å². The second kappa shape index (κ2) is 8.73. The molecule has 0 aliphatic carbocycles. The van der Waals surface area contributed by atoms with Gasteiger partial charge in [-0.2, -0.15) is 5.10 Å². The molecule has 31 heavy (non-hydrogen) atoms. The van der Waals surface area contributed by atoms with E-state index < -0.39 is 0 Å². The van der Waals surface area contributed by atoms with Crippen molar-refractivity contribution in [2.75, 3.05) is 0 Å². The van der Waals surface area contributed by atoms with E-state index >= 15 is 0 Å². The Balaban J connectivity index is 1.43. The number of carbonyl (C=O) groups excluding carboxylic acids is 1. The van der Waals surface area contributed by atoms with Crippen molar-refractivity contribution < 1.29 is 4.79 Å². The Labute approximate surface area is 185 Å². The molecule has 0 saturated carbocycles. The SMILES string of the molecule is Cc1cc(C)n(Cc2cccc(CNC(=O)c3nc(C)n(-c4ccc(Cl)cc4)n3)c2)n1. The first-order valence-corrected chi connectivity index (χ1v) is 10.3. The minimum Gasteiger partial charge on any atom is -0.345 e. The summed E-state index contributed by atoms with van der Waals surface area (Å²) in [4.78, 5) is 16.9. The number of amides is 1. The molecule has 0 unspecified atom stereocenters. The van der Waals surface area contributed by atoms with Gasteiger partial charge in [0.1, 0.15) is 5.82 Å². The molecular formula is C23H23ClN6O. The van der Waals surface area contributed by atoms with Crippen LogP contribution in [0.15, 0.2) is 54.6 Å². The van der Waals surface area contributed by atoms with Crippen LogP contribution < -0.4 is 5.32 Å². The zero-order valence-corrected chi connectivity index (χ0v) is 18.4. The topological polar surface area (TPSA) is 77.6 Å². The quantitative estimate of drug-likeness (QED) is 0.497. The number of benzene rings is 2. The van der Waals surface area contributed by atoms with Crippen molar-refractivity contribution in [2.45, 2.75) is 33.9 Å². The first-order valence-electron chi connectivity index (χ1n) is 9.96. The number of hydrogen-bond acceptors (Lipinski definition) is 4. The molecule has 0 aliphatic rings. The van der Waals surface area contributed by atoms with E-state index in [9.17, 15) is 4.79 Å². The predicted molar refractivity (Wildman–Crippen MR) is 120 cm³/mol. The monoisotopic (exact) mass is 434 g/mol. The van der Waals surface area contributed by atoms with Gasteiger partial charge in [-0.15, -0.1) is 5.10 Å². The van der Waals surface area contributed by atoms with Crippen LogP contribution in [0.3, 0.4) is 0 Å². The maximum absolute atomic E-state index is 12.6. The van der Waals surface area contributed by atoms with E-state index in [1.165, 1.54) is 0 Å². The third-order valence-corrected chi connectivity index (χ3v) is 5.18. The highest BCUT2D eigenvalue weighted by atomic mass is 35.5. The highest BCUT2D eigenvalue weighted by Crippen LogP contribution is 2.14. The van der Waals surface area contributed by atoms with E-state index in [-0.39, 0.29) is 11.7 Å². The van der Waals surface area contributed by atoms with E-state index in [0.717, 1.165) is 28.2 Å². The normalized spacial score (nSPS) is 11.0. The molecule has 0 aliphatic heterocycles. The number of aryl methyl sites for hydroxylation is 3. The summed E-state index contributed by atoms with van der Waals surface area (Å²) >= 11 is 5.94. The van der Waals surface area contributed by atoms with Gasteiger partial charge in [-0.1, -0.05) is 35.9 Å². The molecule has 0 saturated heterocycles. The second-order valence-corrected chi connectivity index (χ2v) is 7.89. The first kappa shape index (κ1) is 20.8. The summed E-state index contributed by atoms with van der Waals surface area (Å²) in [5.74, 6) is 0.436. The van der Waals surface area contributed by atoms with Gasteiger partial charge in [0.25, 0.3) is 5.91 Å². The Morgan fingerprint density at radius 1 is 1.00 bits per heavy atom. The molecule has 1 N–H and O–H groups in total. The summed E-state index contributed by atoms with van der Waals surface area (Å²) in [6.07, 6.45) is 0. The standard InChI is InChI=1S/C23H23ClN6O/c1-15-11-16(2)29(27-15)14-19-6-4-5-18(12-19)13-25-23(31)22-26-17(3)30(28-22)21-9-7-20(24)8-10-21/h4-12H,13-14H2,1-3H3,(H,25,31). The van der Waals surface area contributed by atoms with Crippen LogP contribution in [-0.4, -0.2) is 30.5 Å². The largest absolute Gasteiger partial charge is 0.345 e. The van der Waals surface area contributed by atoms with Crippen LogP contribution >= 0.6 is 11.6 Å². The molecule has 0 fully saturated rings. The molecule has 0 spiro atoms. The molecule has 2 aromatic carbocycles. The van der Waals surface area contributed by atoms with Crippen LogP contribution in [0.25, 0.3) is 5.69 Å². The summed E-state index contributed by atoms with van der Waals surface area (Å²) in [6, 6.07) is 17.4. The minimum absolute atomic E-state index is 0.131. The summed E-state index contributed by atoms with van der Waals surface area (Å²) in [5.41, 5.74) is 5.04. The number of hydrogen-bond donors (Lipinski definition) is 1. The maximum Gasteiger partial charge on any atom is 0.291 e. The smallest absolute Gasteiger partial charge is 0.291 e. The van der Waals surface area contributed by atoms with Gasteiger partial charge in [-0.3, -0.25) is 9.48 Å². The number of nitrogens with zero attached hydrogens (tertiary/aromatic N) is 5. The van der Waals surface area contributed by atoms with Crippen LogP contribution in [0.5, 0.6) is 0 Å². The van der Waals surface area contributed by atoms with E-state index in [4.69, 9.17) is 11.6 Å². The van der Waals surface area contributed by atoms with Crippen molar-refractivity contribution in [1.82, 2.24) is 29.9 Å². The highest BCUT2D eigenvalue weighted by Gasteiger charge is 2.15. The van der Waals surface area contributed by atoms with Crippen LogP contribution in [0, 0.1) is 20.8 Å². The van der Waals surface area contributed by atoms with Crippen molar-refractivity contribution in [2.24, 2.45) is 0 Å². The molecule has 8 heteroatoms. The zero-order chi connectivity index (χ0) is 22.0. The zero-order valence-electron chi connectivity index (χ0n) is 17.6. The van der Waals surface area contributed by atoms with Crippen molar-refractivity contribution in [3.05, 3.63) is 93.8 Å². The second-order valence-electron chi connectivity index (χ2n) is 7.46. The minimum atomic E-state index is -0.320. The lowest BCUT2D eigenvalue weighted by Crippen LogP contribution is -2.24. The third kappa shape index (κ3) is 4.83. The Bertz CT molecular complexity index is 1230. The van der Waals surface area contributed by atoms with Crippen molar-refractivity contribution in [3.63, 3.8) is 0 Å². The van der Waals surface area contributed by atoms with E-state index in [1.54, 1.807) is 23.7 Å². The molecule has 4 aromatic rings. The molecule has 1 amide bonds. The Morgan fingerprint density at radius 2 is 1.74 bits per heavy atom. The van der Waals surface area contributed by atoms with Crippen molar-refractivity contribution in [3.8, 4) is 5.69 Å². The van der Waals surface area contributed by atoms with Gasteiger partial charge in [0, 0.05) is 17.3 Å². The van der Waals surface area contributed by atoms with Gasteiger partial charge in [0.15, 0.2) is 0 Å². The molecule has 0 radical (unpaired) electrons. The summed E-state index contributed by atoms with van der Waals surface area (Å²) < 4.78 is 3.60. The number of aromatic nitrogens is 5. The predicted octanol–water partition coefficient (Wildman–Crippen LogP) is 4.02. The summed E-state index contributed by atoms with van der Waals surface area (Å²) in [6.45, 7) is 6.91. The number of halogens is 1. The Hall–Kier alpha value is -3.45. The number of nitrogens with one attached hydrogen (secondary N) is 1. The molecule has 0 bridgehead atoms. The van der Waals surface area contributed by atoms with Gasteiger partial charge in [-0.05, 0) is 62.2 Å². The van der Waals surface area contributed by atoms with Crippen molar-refractivity contribution >= 4 is 17.5 Å². The fraction of sp³-hybridized carbons (Fsp3) is 0.217.